The Labute approximate surface area is 239 Å². The molecule has 4 rings (SSSR count). The van der Waals surface area contributed by atoms with Gasteiger partial charge in [-0.25, -0.2) is 22.9 Å². The molecule has 0 aliphatic carbocycles. The van der Waals surface area contributed by atoms with Gasteiger partial charge < -0.3 is 25.1 Å². The SMILES string of the molecule is CCCOc1nc(N)c2ncn(CCCCOC(=O)NCc3ccc(S(=O)(=O)NCc4ccc(C)cc4)cc3)c2n1. The van der Waals surface area contributed by atoms with Crippen LogP contribution in [-0.2, 0) is 34.4 Å². The first kappa shape index (κ1) is 29.7. The van der Waals surface area contributed by atoms with E-state index in [4.69, 9.17) is 15.2 Å². The molecule has 2 aromatic carbocycles. The van der Waals surface area contributed by atoms with Crippen LogP contribution in [0.5, 0.6) is 6.01 Å². The smallest absolute Gasteiger partial charge is 0.407 e. The van der Waals surface area contributed by atoms with Gasteiger partial charge in [0, 0.05) is 19.6 Å². The van der Waals surface area contributed by atoms with E-state index in [0.717, 1.165) is 29.5 Å². The van der Waals surface area contributed by atoms with E-state index in [2.05, 4.69) is 25.0 Å². The van der Waals surface area contributed by atoms with E-state index in [-0.39, 0.29) is 36.4 Å². The van der Waals surface area contributed by atoms with Crippen LogP contribution >= 0.6 is 0 Å². The molecule has 2 heterocycles. The summed E-state index contributed by atoms with van der Waals surface area (Å²) in [6.07, 6.45) is 3.30. The molecule has 0 atom stereocenters. The number of unbranched alkanes of at least 4 members (excludes halogenated alkanes) is 1. The number of nitrogens with zero attached hydrogens (tertiary/aromatic N) is 4. The summed E-state index contributed by atoms with van der Waals surface area (Å²) in [7, 11) is -3.66. The molecule has 218 valence electrons. The Hall–Kier alpha value is -4.23. The standard InChI is InChI=1S/C28H35N7O5S/c1-3-15-39-27-33-25(29)24-26(34-27)35(19-31-24)14-4-5-16-40-28(36)30-17-21-10-12-23(13-11-21)41(37,38)32-18-22-8-6-20(2)7-9-22/h6-13,19,32H,3-5,14-18H2,1-2H3,(H,30,36)(H2,29,33,34). The van der Waals surface area contributed by atoms with Gasteiger partial charge in [-0.15, -0.1) is 0 Å². The number of imidazole rings is 1. The van der Waals surface area contributed by atoms with Crippen molar-refractivity contribution < 1.29 is 22.7 Å². The third kappa shape index (κ3) is 8.38. The zero-order chi connectivity index (χ0) is 29.2. The Balaban J connectivity index is 1.17. The van der Waals surface area contributed by atoms with Crippen LogP contribution < -0.4 is 20.5 Å². The van der Waals surface area contributed by atoms with Crippen molar-refractivity contribution in [1.29, 1.82) is 0 Å². The number of amides is 1. The molecule has 0 spiro atoms. The first-order chi connectivity index (χ1) is 19.7. The predicted octanol–water partition coefficient (Wildman–Crippen LogP) is 3.69. The third-order valence-electron chi connectivity index (χ3n) is 6.19. The van der Waals surface area contributed by atoms with Gasteiger partial charge in [0.1, 0.15) is 5.52 Å². The highest BCUT2D eigenvalue weighted by molar-refractivity contribution is 7.89. The molecular weight excluding hydrogens is 546 g/mol. The molecule has 12 nitrogen and oxygen atoms in total. The number of aryl methyl sites for hydroxylation is 2. The lowest BCUT2D eigenvalue weighted by atomic mass is 10.2. The van der Waals surface area contributed by atoms with Crippen molar-refractivity contribution >= 4 is 33.1 Å². The van der Waals surface area contributed by atoms with Gasteiger partial charge in [-0.05, 0) is 49.4 Å². The summed E-state index contributed by atoms with van der Waals surface area (Å²) in [6, 6.07) is 14.2. The number of carbonyl (C=O) groups is 1. The number of ether oxygens (including phenoxy) is 2. The monoisotopic (exact) mass is 581 g/mol. The van der Waals surface area contributed by atoms with Crippen LogP contribution in [0.4, 0.5) is 10.6 Å². The van der Waals surface area contributed by atoms with Crippen molar-refractivity contribution in [3.05, 3.63) is 71.5 Å². The van der Waals surface area contributed by atoms with E-state index >= 15 is 0 Å². The number of nitrogens with two attached hydrogens (primary N) is 1. The summed E-state index contributed by atoms with van der Waals surface area (Å²) < 4.78 is 40.5. The van der Waals surface area contributed by atoms with Crippen LogP contribution in [0.15, 0.2) is 59.8 Å². The number of sulfonamides is 1. The lowest BCUT2D eigenvalue weighted by molar-refractivity contribution is 0.143. The van der Waals surface area contributed by atoms with Crippen LogP contribution in [0.25, 0.3) is 11.2 Å². The van der Waals surface area contributed by atoms with Crippen molar-refractivity contribution in [2.24, 2.45) is 0 Å². The lowest BCUT2D eigenvalue weighted by Crippen LogP contribution is -2.25. The van der Waals surface area contributed by atoms with Crippen LogP contribution in [0, 0.1) is 6.92 Å². The van der Waals surface area contributed by atoms with Crippen molar-refractivity contribution in [3.63, 3.8) is 0 Å². The number of hydrogen-bond acceptors (Lipinski definition) is 9. The van der Waals surface area contributed by atoms with Gasteiger partial charge in [-0.1, -0.05) is 48.9 Å². The number of hydrogen-bond donors (Lipinski definition) is 3. The van der Waals surface area contributed by atoms with Gasteiger partial charge in [-0.3, -0.25) is 0 Å². The molecule has 0 fully saturated rings. The Morgan fingerprint density at radius 3 is 2.41 bits per heavy atom. The summed E-state index contributed by atoms with van der Waals surface area (Å²) in [5.74, 6) is 0.269. The summed E-state index contributed by atoms with van der Waals surface area (Å²) in [5.41, 5.74) is 9.84. The molecule has 13 heteroatoms. The van der Waals surface area contributed by atoms with E-state index in [9.17, 15) is 13.2 Å². The number of benzene rings is 2. The van der Waals surface area contributed by atoms with Crippen LogP contribution in [0.3, 0.4) is 0 Å². The molecule has 0 saturated heterocycles. The van der Waals surface area contributed by atoms with Gasteiger partial charge >= 0.3 is 12.1 Å². The highest BCUT2D eigenvalue weighted by atomic mass is 32.2. The fourth-order valence-electron chi connectivity index (χ4n) is 3.90. The Bertz CT molecular complexity index is 1560. The van der Waals surface area contributed by atoms with Gasteiger partial charge in [0.05, 0.1) is 24.4 Å². The summed E-state index contributed by atoms with van der Waals surface area (Å²) in [4.78, 5) is 25.1. The molecule has 0 bridgehead atoms. The van der Waals surface area contributed by atoms with Crippen molar-refractivity contribution in [2.75, 3.05) is 18.9 Å². The number of nitrogens with one attached hydrogen (secondary N) is 2. The molecule has 0 saturated carbocycles. The molecule has 1 amide bonds. The van der Waals surface area contributed by atoms with Crippen molar-refractivity contribution in [2.45, 2.75) is 57.6 Å². The third-order valence-corrected chi connectivity index (χ3v) is 7.61. The molecule has 4 N–H and O–H groups in total. The highest BCUT2D eigenvalue weighted by Gasteiger charge is 2.14. The average molecular weight is 582 g/mol. The number of nitrogen functional groups attached to an aromatic ring is 1. The van der Waals surface area contributed by atoms with Crippen LogP contribution in [0.2, 0.25) is 0 Å². The van der Waals surface area contributed by atoms with E-state index < -0.39 is 16.1 Å². The Kier molecular flexibility index (Phi) is 10.1. The zero-order valence-corrected chi connectivity index (χ0v) is 24.0. The number of anilines is 1. The average Bonchev–Trinajstić information content (AvgIpc) is 3.38. The molecule has 41 heavy (non-hydrogen) atoms. The number of rotatable bonds is 14. The molecular formula is C28H35N7O5S. The largest absolute Gasteiger partial charge is 0.463 e. The normalized spacial score (nSPS) is 11.5. The van der Waals surface area contributed by atoms with Crippen molar-refractivity contribution in [1.82, 2.24) is 29.6 Å². The molecule has 0 unspecified atom stereocenters. The van der Waals surface area contributed by atoms with E-state index in [0.29, 0.717) is 30.7 Å². The number of fused-ring (bicyclic) bond motifs is 1. The summed E-state index contributed by atoms with van der Waals surface area (Å²) in [5, 5.41) is 2.68. The Morgan fingerprint density at radius 1 is 0.976 bits per heavy atom. The quantitative estimate of drug-likeness (QED) is 0.188. The summed E-state index contributed by atoms with van der Waals surface area (Å²) >= 11 is 0. The second kappa shape index (κ2) is 13.9. The molecule has 0 aliphatic rings. The van der Waals surface area contributed by atoms with Gasteiger partial charge in [0.2, 0.25) is 10.0 Å². The first-order valence-electron chi connectivity index (χ1n) is 13.4. The van der Waals surface area contributed by atoms with Gasteiger partial charge in [-0.2, -0.15) is 9.97 Å². The van der Waals surface area contributed by atoms with Crippen molar-refractivity contribution in [3.8, 4) is 6.01 Å². The van der Waals surface area contributed by atoms with E-state index in [1.54, 1.807) is 18.5 Å². The fourth-order valence-corrected chi connectivity index (χ4v) is 4.91. The van der Waals surface area contributed by atoms with Crippen LogP contribution in [-0.4, -0.2) is 47.2 Å². The minimum absolute atomic E-state index is 0.153. The maximum absolute atomic E-state index is 12.6. The summed E-state index contributed by atoms with van der Waals surface area (Å²) in [6.45, 7) is 5.73. The fraction of sp³-hybridized carbons (Fsp3) is 0.357. The molecule has 0 radical (unpaired) electrons. The lowest BCUT2D eigenvalue weighted by Gasteiger charge is -2.10. The van der Waals surface area contributed by atoms with E-state index in [1.807, 2.05) is 42.7 Å². The molecule has 0 aliphatic heterocycles. The highest BCUT2D eigenvalue weighted by Crippen LogP contribution is 2.20. The van der Waals surface area contributed by atoms with Gasteiger partial charge in [0.25, 0.3) is 0 Å². The van der Waals surface area contributed by atoms with E-state index in [1.165, 1.54) is 12.1 Å². The second-order valence-corrected chi connectivity index (χ2v) is 11.3. The first-order valence-corrected chi connectivity index (χ1v) is 14.9. The minimum atomic E-state index is -3.66. The van der Waals surface area contributed by atoms with Crippen LogP contribution in [0.1, 0.15) is 42.9 Å². The second-order valence-electron chi connectivity index (χ2n) is 9.50. The maximum Gasteiger partial charge on any atom is 0.407 e. The van der Waals surface area contributed by atoms with Gasteiger partial charge in [0.15, 0.2) is 11.5 Å². The maximum atomic E-state index is 12.6. The topological polar surface area (TPSA) is 163 Å². The molecule has 2 aromatic heterocycles. The molecule has 4 aromatic rings. The minimum Gasteiger partial charge on any atom is -0.463 e. The number of carbonyl (C=O) groups excluding carboxylic acids is 1. The zero-order valence-electron chi connectivity index (χ0n) is 23.2. The predicted molar refractivity (Wildman–Crippen MR) is 155 cm³/mol. The number of alkyl carbamates (subject to hydrolysis) is 1. The Morgan fingerprint density at radius 2 is 1.68 bits per heavy atom. The number of aromatic nitrogens is 4.